The van der Waals surface area contributed by atoms with E-state index in [1.54, 1.807) is 24.4 Å². The van der Waals surface area contributed by atoms with Gasteiger partial charge in [-0.05, 0) is 79.6 Å². The molecule has 10 heteroatoms. The SMILES string of the molecule is NCc1n[nH]c(=O)c2ccc(C3(C(=O)N(Cc4ccc(-c5c(F)cccc5F)cn4)[C@H]4CCCc5cccnc54)CC3)cc12. The van der Waals surface area contributed by atoms with Gasteiger partial charge in [-0.25, -0.2) is 13.9 Å². The van der Waals surface area contributed by atoms with Gasteiger partial charge in [-0.3, -0.25) is 19.6 Å². The van der Waals surface area contributed by atoms with Crippen LogP contribution in [0.15, 0.2) is 77.9 Å². The zero-order chi connectivity index (χ0) is 30.4. The van der Waals surface area contributed by atoms with E-state index in [1.807, 2.05) is 23.1 Å². The highest BCUT2D eigenvalue weighted by atomic mass is 19.1. The molecule has 1 amide bonds. The lowest BCUT2D eigenvalue weighted by Gasteiger charge is -2.37. The number of halogens is 2. The summed E-state index contributed by atoms with van der Waals surface area (Å²) in [6, 6.07) is 16.3. The minimum atomic E-state index is -0.773. The van der Waals surface area contributed by atoms with Crippen molar-refractivity contribution < 1.29 is 13.6 Å². The van der Waals surface area contributed by atoms with Crippen molar-refractivity contribution in [3.63, 3.8) is 0 Å². The first kappa shape index (κ1) is 28.0. The number of aryl methyl sites for hydroxylation is 1. The van der Waals surface area contributed by atoms with Crippen LogP contribution in [0.3, 0.4) is 0 Å². The first-order valence-corrected chi connectivity index (χ1v) is 14.8. The number of hydrogen-bond donors (Lipinski definition) is 2. The number of carbonyl (C=O) groups is 1. The summed E-state index contributed by atoms with van der Waals surface area (Å²) in [5, 5.41) is 7.73. The highest BCUT2D eigenvalue weighted by Gasteiger charge is 2.54. The Morgan fingerprint density at radius 1 is 1.02 bits per heavy atom. The molecule has 0 saturated heterocycles. The molecule has 2 aromatic carbocycles. The van der Waals surface area contributed by atoms with Crippen LogP contribution in [0, 0.1) is 11.6 Å². The summed E-state index contributed by atoms with van der Waals surface area (Å²) in [7, 11) is 0. The average molecular weight is 593 g/mol. The fraction of sp³-hybridized carbons (Fsp3) is 0.265. The Bertz CT molecular complexity index is 1930. The Hall–Kier alpha value is -4.83. The molecule has 222 valence electrons. The number of aromatic nitrogens is 4. The van der Waals surface area contributed by atoms with Crippen LogP contribution in [-0.4, -0.2) is 31.0 Å². The van der Waals surface area contributed by atoms with Crippen LogP contribution in [-0.2, 0) is 29.7 Å². The summed E-state index contributed by atoms with van der Waals surface area (Å²) < 4.78 is 28.9. The number of hydrogen-bond acceptors (Lipinski definition) is 6. The fourth-order valence-electron chi connectivity index (χ4n) is 6.52. The minimum absolute atomic E-state index is 0.0431. The average Bonchev–Trinajstić information content (AvgIpc) is 3.86. The van der Waals surface area contributed by atoms with Gasteiger partial charge in [0.25, 0.3) is 5.56 Å². The number of pyridine rings is 2. The third-order valence-electron chi connectivity index (χ3n) is 8.98. The second kappa shape index (κ2) is 11.0. The fourth-order valence-corrected chi connectivity index (χ4v) is 6.52. The molecule has 0 unspecified atom stereocenters. The summed E-state index contributed by atoms with van der Waals surface area (Å²) in [6.07, 6.45) is 7.06. The minimum Gasteiger partial charge on any atom is -0.327 e. The summed E-state index contributed by atoms with van der Waals surface area (Å²) in [4.78, 5) is 38.3. The third-order valence-corrected chi connectivity index (χ3v) is 8.98. The van der Waals surface area contributed by atoms with Crippen LogP contribution in [0.5, 0.6) is 0 Å². The number of rotatable bonds is 7. The molecule has 1 fully saturated rings. The van der Waals surface area contributed by atoms with Crippen molar-refractivity contribution in [3.8, 4) is 11.1 Å². The normalized spacial score (nSPS) is 16.8. The second-order valence-electron chi connectivity index (χ2n) is 11.6. The zero-order valence-electron chi connectivity index (χ0n) is 23.9. The van der Waals surface area contributed by atoms with Crippen molar-refractivity contribution in [3.05, 3.63) is 123 Å². The molecular formula is C34H30F2N6O2. The van der Waals surface area contributed by atoms with Gasteiger partial charge in [-0.15, -0.1) is 0 Å². The summed E-state index contributed by atoms with van der Waals surface area (Å²) >= 11 is 0. The number of fused-ring (bicyclic) bond motifs is 2. The van der Waals surface area contributed by atoms with Crippen molar-refractivity contribution in [2.45, 2.75) is 56.7 Å². The summed E-state index contributed by atoms with van der Waals surface area (Å²) in [5.41, 5.74) is 9.00. The van der Waals surface area contributed by atoms with E-state index in [1.165, 1.54) is 24.4 Å². The molecule has 0 spiro atoms. The number of nitrogens with two attached hydrogens (primary N) is 1. The molecule has 5 aromatic rings. The van der Waals surface area contributed by atoms with Gasteiger partial charge in [0, 0.05) is 29.9 Å². The van der Waals surface area contributed by atoms with Crippen LogP contribution < -0.4 is 11.3 Å². The Labute approximate surface area is 252 Å². The van der Waals surface area contributed by atoms with Crippen molar-refractivity contribution >= 4 is 16.7 Å². The van der Waals surface area contributed by atoms with Crippen molar-refractivity contribution in [2.75, 3.05) is 0 Å². The molecule has 0 bridgehead atoms. The Morgan fingerprint density at radius 2 is 1.84 bits per heavy atom. The molecule has 7 rings (SSSR count). The largest absolute Gasteiger partial charge is 0.327 e. The number of nitrogens with zero attached hydrogens (tertiary/aromatic N) is 4. The number of aromatic amines is 1. The first-order valence-electron chi connectivity index (χ1n) is 14.8. The van der Waals surface area contributed by atoms with Gasteiger partial charge in [-0.1, -0.05) is 24.3 Å². The van der Waals surface area contributed by atoms with E-state index in [2.05, 4.69) is 21.2 Å². The maximum Gasteiger partial charge on any atom is 0.272 e. The smallest absolute Gasteiger partial charge is 0.272 e. The number of carbonyl (C=O) groups excluding carboxylic acids is 1. The molecule has 44 heavy (non-hydrogen) atoms. The highest BCUT2D eigenvalue weighted by molar-refractivity contribution is 5.94. The predicted octanol–water partition coefficient (Wildman–Crippen LogP) is 5.26. The lowest BCUT2D eigenvalue weighted by atomic mass is 9.87. The highest BCUT2D eigenvalue weighted by Crippen LogP contribution is 2.52. The molecule has 0 aliphatic heterocycles. The van der Waals surface area contributed by atoms with Gasteiger partial charge in [0.1, 0.15) is 11.6 Å². The first-order chi connectivity index (χ1) is 21.4. The predicted molar refractivity (Wildman–Crippen MR) is 161 cm³/mol. The second-order valence-corrected chi connectivity index (χ2v) is 11.6. The van der Waals surface area contributed by atoms with Gasteiger partial charge in [0.05, 0.1) is 46.0 Å². The van der Waals surface area contributed by atoms with Crippen molar-refractivity contribution in [2.24, 2.45) is 5.73 Å². The van der Waals surface area contributed by atoms with E-state index in [0.717, 1.165) is 36.1 Å². The van der Waals surface area contributed by atoms with Gasteiger partial charge in [0.15, 0.2) is 0 Å². The van der Waals surface area contributed by atoms with Crippen LogP contribution >= 0.6 is 0 Å². The van der Waals surface area contributed by atoms with E-state index in [-0.39, 0.29) is 36.2 Å². The van der Waals surface area contributed by atoms with E-state index in [9.17, 15) is 18.4 Å². The monoisotopic (exact) mass is 592 g/mol. The van der Waals surface area contributed by atoms with E-state index in [0.29, 0.717) is 40.6 Å². The number of nitrogens with one attached hydrogen (secondary N) is 1. The maximum absolute atomic E-state index is 14.7. The van der Waals surface area contributed by atoms with Crippen LogP contribution in [0.1, 0.15) is 59.9 Å². The number of benzene rings is 2. The lowest BCUT2D eigenvalue weighted by Crippen LogP contribution is -2.43. The Balaban J connectivity index is 1.28. The van der Waals surface area contributed by atoms with E-state index >= 15 is 0 Å². The Kier molecular flexibility index (Phi) is 7.01. The molecule has 2 aliphatic carbocycles. The third kappa shape index (κ3) is 4.75. The van der Waals surface area contributed by atoms with Gasteiger partial charge >= 0.3 is 0 Å². The molecule has 8 nitrogen and oxygen atoms in total. The number of amides is 1. The maximum atomic E-state index is 14.7. The topological polar surface area (TPSA) is 118 Å². The van der Waals surface area contributed by atoms with Crippen LogP contribution in [0.25, 0.3) is 21.9 Å². The van der Waals surface area contributed by atoms with Crippen LogP contribution in [0.2, 0.25) is 0 Å². The molecule has 3 heterocycles. The number of H-pyrrole nitrogens is 1. The zero-order valence-corrected chi connectivity index (χ0v) is 23.9. The quantitative estimate of drug-likeness (QED) is 0.266. The summed E-state index contributed by atoms with van der Waals surface area (Å²) in [6.45, 7) is 0.344. The molecule has 2 aliphatic rings. The summed E-state index contributed by atoms with van der Waals surface area (Å²) in [5.74, 6) is -1.37. The standard InChI is InChI=1S/C34H30F2N6O2/c35-26-6-2-7-27(36)30(26)21-9-11-23(39-18-21)19-42(29-8-1-4-20-5-3-15-38-31(20)29)33(44)34(13-14-34)22-10-12-24-25(16-22)28(17-37)40-41-32(24)43/h2-3,5-7,9-12,15-16,18,29H,1,4,8,13-14,17,19,37H2,(H,41,43)/t29-/m0/s1. The van der Waals surface area contributed by atoms with Gasteiger partial charge in [-0.2, -0.15) is 5.10 Å². The molecular weight excluding hydrogens is 562 g/mol. The van der Waals surface area contributed by atoms with Gasteiger partial charge in [0.2, 0.25) is 5.91 Å². The van der Waals surface area contributed by atoms with Crippen molar-refractivity contribution in [1.82, 2.24) is 25.1 Å². The van der Waals surface area contributed by atoms with E-state index in [4.69, 9.17) is 10.7 Å². The lowest BCUT2D eigenvalue weighted by molar-refractivity contribution is -0.137. The molecule has 0 radical (unpaired) electrons. The molecule has 3 aromatic heterocycles. The van der Waals surface area contributed by atoms with Crippen molar-refractivity contribution in [1.29, 1.82) is 0 Å². The van der Waals surface area contributed by atoms with Crippen LogP contribution in [0.4, 0.5) is 8.78 Å². The van der Waals surface area contributed by atoms with Gasteiger partial charge < -0.3 is 10.6 Å². The molecule has 1 saturated carbocycles. The Morgan fingerprint density at radius 3 is 2.57 bits per heavy atom. The van der Waals surface area contributed by atoms with E-state index < -0.39 is 17.0 Å². The molecule has 1 atom stereocenters. The molecule has 3 N–H and O–H groups in total.